The topological polar surface area (TPSA) is 65.7 Å². The number of methoxy groups -OCH3 is 1. The molecule has 0 saturated carbocycles. The molecule has 5 heterocycles. The molecule has 1 spiro atoms. The van der Waals surface area contributed by atoms with Gasteiger partial charge in [-0.2, -0.15) is 0 Å². The number of pyridine rings is 2. The summed E-state index contributed by atoms with van der Waals surface area (Å²) < 4.78 is 19.6. The fraction of sp³-hybridized carbons (Fsp3) is 0.462. The monoisotopic (exact) mass is 464 g/mol. The second kappa shape index (κ2) is 9.12. The van der Waals surface area contributed by atoms with Crippen molar-refractivity contribution in [2.75, 3.05) is 38.2 Å². The summed E-state index contributed by atoms with van der Waals surface area (Å²) in [5, 5.41) is 1.08. The first kappa shape index (κ1) is 22.4. The first-order valence-corrected chi connectivity index (χ1v) is 13.2. The molecule has 2 aliphatic rings. The van der Waals surface area contributed by atoms with Crippen LogP contribution in [0.1, 0.15) is 36.9 Å². The molecule has 7 heteroatoms. The van der Waals surface area contributed by atoms with Crippen LogP contribution < -0.4 is 0 Å². The van der Waals surface area contributed by atoms with Crippen LogP contribution in [-0.2, 0) is 15.9 Å². The lowest BCUT2D eigenvalue weighted by Gasteiger charge is -2.51. The zero-order valence-corrected chi connectivity index (χ0v) is 20.4. The van der Waals surface area contributed by atoms with Crippen molar-refractivity contribution < 1.29 is 9.29 Å². The molecule has 0 aliphatic carbocycles. The maximum Gasteiger partial charge on any atom is 0.140 e. The summed E-state index contributed by atoms with van der Waals surface area (Å²) in [4.78, 5) is 11.6. The Hall–Kier alpha value is -2.35. The molecule has 174 valence electrons. The number of aromatic nitrogens is 3. The average molecular weight is 465 g/mol. The number of hydrogen-bond donors (Lipinski definition) is 0. The van der Waals surface area contributed by atoms with Crippen LogP contribution in [0.25, 0.3) is 22.1 Å². The number of nitrogens with zero attached hydrogens (tertiary/aromatic N) is 4. The first-order chi connectivity index (χ1) is 16.0. The van der Waals surface area contributed by atoms with Crippen molar-refractivity contribution in [2.24, 2.45) is 5.41 Å². The van der Waals surface area contributed by atoms with Crippen molar-refractivity contribution in [1.82, 2.24) is 19.3 Å². The number of fused-ring (bicyclic) bond motifs is 3. The number of aryl methyl sites for hydroxylation is 1. The summed E-state index contributed by atoms with van der Waals surface area (Å²) in [6, 6.07) is 4.19. The smallest absolute Gasteiger partial charge is 0.140 e. The van der Waals surface area contributed by atoms with Crippen molar-refractivity contribution in [1.29, 1.82) is 0 Å². The predicted molar refractivity (Wildman–Crippen MR) is 135 cm³/mol. The van der Waals surface area contributed by atoms with Gasteiger partial charge in [0, 0.05) is 49.2 Å². The normalized spacial score (nSPS) is 20.0. The Morgan fingerprint density at radius 1 is 1.24 bits per heavy atom. The van der Waals surface area contributed by atoms with Gasteiger partial charge in [0.05, 0.1) is 18.3 Å². The van der Waals surface area contributed by atoms with Crippen molar-refractivity contribution in [3.8, 4) is 0 Å². The Kier molecular flexibility index (Phi) is 6.20. The quantitative estimate of drug-likeness (QED) is 0.319. The Balaban J connectivity index is 1.29. The number of rotatable bonds is 5. The van der Waals surface area contributed by atoms with Gasteiger partial charge in [0.2, 0.25) is 0 Å². The molecule has 5 rings (SSSR count). The highest BCUT2D eigenvalue weighted by atomic mass is 32.2. The summed E-state index contributed by atoms with van der Waals surface area (Å²) in [5.74, 6) is 2.52. The van der Waals surface area contributed by atoms with Crippen LogP contribution in [0.4, 0.5) is 0 Å². The van der Waals surface area contributed by atoms with Gasteiger partial charge >= 0.3 is 0 Å². The average Bonchev–Trinajstić information content (AvgIpc) is 3.27. The summed E-state index contributed by atoms with van der Waals surface area (Å²) >= 11 is -0.599. The second-order valence-corrected chi connectivity index (χ2v) is 11.2. The van der Waals surface area contributed by atoms with Gasteiger partial charge in [0.25, 0.3) is 0 Å². The van der Waals surface area contributed by atoms with Crippen LogP contribution >= 0.6 is 0 Å². The Labute approximate surface area is 198 Å². The van der Waals surface area contributed by atoms with Gasteiger partial charge in [-0.05, 0) is 61.8 Å². The summed E-state index contributed by atoms with van der Waals surface area (Å²) in [7, 11) is 1.70. The molecule has 6 nitrogen and oxygen atoms in total. The summed E-state index contributed by atoms with van der Waals surface area (Å²) in [5.41, 5.74) is 5.17. The Bertz CT molecular complexity index is 1200. The molecular formula is C26H32N4O2S. The van der Waals surface area contributed by atoms with Crippen molar-refractivity contribution in [3.05, 3.63) is 60.4 Å². The number of likely N-dealkylation sites (tertiary alicyclic amines) is 1. The SMILES string of the molecule is C=C(/C(=C\CN1CC2(CCC[S+]([O-])CCC2)C1)OC)c1cc2c(cn1)cc(C)c1nccn12. The molecule has 3 aromatic rings. The third-order valence-corrected chi connectivity index (χ3v) is 8.66. The molecule has 33 heavy (non-hydrogen) atoms. The van der Waals surface area contributed by atoms with Crippen LogP contribution in [0.3, 0.4) is 0 Å². The molecule has 0 bridgehead atoms. The molecule has 2 aliphatic heterocycles. The maximum atomic E-state index is 11.8. The first-order valence-electron chi connectivity index (χ1n) is 11.7. The summed E-state index contributed by atoms with van der Waals surface area (Å²) in [6.07, 6.45) is 12.4. The van der Waals surface area contributed by atoms with Crippen molar-refractivity contribution in [3.63, 3.8) is 0 Å². The van der Waals surface area contributed by atoms with E-state index in [1.54, 1.807) is 7.11 Å². The van der Waals surface area contributed by atoms with E-state index in [-0.39, 0.29) is 0 Å². The zero-order chi connectivity index (χ0) is 23.0. The minimum absolute atomic E-state index is 0.427. The van der Waals surface area contributed by atoms with Gasteiger partial charge in [-0.1, -0.05) is 17.8 Å². The second-order valence-electron chi connectivity index (χ2n) is 9.55. The van der Waals surface area contributed by atoms with E-state index in [4.69, 9.17) is 4.74 Å². The largest absolute Gasteiger partial charge is 0.616 e. The van der Waals surface area contributed by atoms with E-state index in [0.717, 1.165) is 83.1 Å². The van der Waals surface area contributed by atoms with Crippen molar-refractivity contribution >= 4 is 33.3 Å². The molecule has 0 N–H and O–H groups in total. The molecule has 2 saturated heterocycles. The van der Waals surface area contributed by atoms with E-state index in [1.807, 2.05) is 18.6 Å². The van der Waals surface area contributed by atoms with Gasteiger partial charge in [-0.3, -0.25) is 14.3 Å². The standard InChI is InChI=1S/C26H32N4O2S/c1-19-14-21-16-28-22(15-23(21)30-11-9-27-25(19)30)20(2)24(32-3)6-10-29-17-26(18-29)7-4-12-33(31)13-5-8-26/h6,9,11,14-16H,2,4-5,7-8,10,12-13,17-18H2,1,3H3/b24-6+. The maximum absolute atomic E-state index is 11.8. The van der Waals surface area contributed by atoms with Gasteiger partial charge < -0.3 is 9.29 Å². The predicted octanol–water partition coefficient (Wildman–Crippen LogP) is 4.36. The van der Waals surface area contributed by atoms with Gasteiger partial charge in [-0.15, -0.1) is 0 Å². The Morgan fingerprint density at radius 2 is 2.00 bits per heavy atom. The molecule has 0 amide bonds. The van der Waals surface area contributed by atoms with Gasteiger partial charge in [0.15, 0.2) is 0 Å². The van der Waals surface area contributed by atoms with Crippen LogP contribution in [0, 0.1) is 12.3 Å². The van der Waals surface area contributed by atoms with Crippen LogP contribution in [0.2, 0.25) is 0 Å². The lowest BCUT2D eigenvalue weighted by Crippen LogP contribution is -2.56. The van der Waals surface area contributed by atoms with Gasteiger partial charge in [0.1, 0.15) is 22.9 Å². The third kappa shape index (κ3) is 4.42. The molecule has 2 fully saturated rings. The molecule has 0 aromatic carbocycles. The van der Waals surface area contributed by atoms with E-state index in [1.165, 1.54) is 12.8 Å². The fourth-order valence-corrected chi connectivity index (χ4v) is 6.62. The molecule has 0 unspecified atom stereocenters. The minimum atomic E-state index is -0.599. The van der Waals surface area contributed by atoms with Crippen LogP contribution in [0.5, 0.6) is 0 Å². The molecule has 0 atom stereocenters. The minimum Gasteiger partial charge on any atom is -0.616 e. The lowest BCUT2D eigenvalue weighted by molar-refractivity contribution is -0.00655. The van der Waals surface area contributed by atoms with E-state index in [9.17, 15) is 4.55 Å². The molecule has 3 aromatic heterocycles. The van der Waals surface area contributed by atoms with Crippen LogP contribution in [0.15, 0.2) is 49.1 Å². The highest BCUT2D eigenvalue weighted by Crippen LogP contribution is 2.41. The highest BCUT2D eigenvalue weighted by molar-refractivity contribution is 7.91. The van der Waals surface area contributed by atoms with Gasteiger partial charge in [-0.25, -0.2) is 4.98 Å². The van der Waals surface area contributed by atoms with Crippen molar-refractivity contribution in [2.45, 2.75) is 32.6 Å². The number of hydrogen-bond acceptors (Lipinski definition) is 5. The zero-order valence-electron chi connectivity index (χ0n) is 19.5. The molecule has 0 radical (unpaired) electrons. The lowest BCUT2D eigenvalue weighted by atomic mass is 9.72. The highest BCUT2D eigenvalue weighted by Gasteiger charge is 2.42. The number of imidazole rings is 1. The Morgan fingerprint density at radius 3 is 2.73 bits per heavy atom. The van der Waals surface area contributed by atoms with E-state index >= 15 is 0 Å². The third-order valence-electron chi connectivity index (χ3n) is 7.17. The van der Waals surface area contributed by atoms with E-state index in [2.05, 4.69) is 51.0 Å². The van der Waals surface area contributed by atoms with E-state index < -0.39 is 11.2 Å². The summed E-state index contributed by atoms with van der Waals surface area (Å²) in [6.45, 7) is 9.44. The van der Waals surface area contributed by atoms with E-state index in [0.29, 0.717) is 5.41 Å². The fourth-order valence-electron chi connectivity index (χ4n) is 5.49. The van der Waals surface area contributed by atoms with Crippen LogP contribution in [-0.4, -0.2) is 62.1 Å². The number of allylic oxidation sites excluding steroid dienone is 1. The number of ether oxygens (including phenoxy) is 1. The molecular weight excluding hydrogens is 432 g/mol.